The zero-order valence-corrected chi connectivity index (χ0v) is 34.2. The molecule has 0 fully saturated rings. The smallest absolute Gasteiger partial charge is 0.472 e. The average Bonchev–Trinajstić information content (AvgIpc) is 3.14. The van der Waals surface area contributed by atoms with Crippen molar-refractivity contribution in [3.05, 3.63) is 60.9 Å². The third-order valence-electron chi connectivity index (χ3n) is 8.53. The lowest BCUT2D eigenvalue weighted by atomic mass is 10.0. The van der Waals surface area contributed by atoms with Crippen molar-refractivity contribution in [2.45, 2.75) is 180 Å². The minimum atomic E-state index is -4.28. The van der Waals surface area contributed by atoms with Crippen molar-refractivity contribution < 1.29 is 32.8 Å². The second-order valence-electron chi connectivity index (χ2n) is 13.6. The van der Waals surface area contributed by atoms with E-state index in [2.05, 4.69) is 62.5 Å². The van der Waals surface area contributed by atoms with Gasteiger partial charge < -0.3 is 20.1 Å². The lowest BCUT2D eigenvalue weighted by Gasteiger charge is -2.19. The summed E-state index contributed by atoms with van der Waals surface area (Å²) < 4.78 is 33.1. The van der Waals surface area contributed by atoms with E-state index in [9.17, 15) is 14.3 Å². The predicted octanol–water partition coefficient (Wildman–Crippen LogP) is 12.5. The van der Waals surface area contributed by atoms with Gasteiger partial charge in [0.25, 0.3) is 0 Å². The van der Waals surface area contributed by atoms with Crippen molar-refractivity contribution in [2.75, 3.05) is 26.4 Å². The molecule has 3 N–H and O–H groups in total. The van der Waals surface area contributed by atoms with E-state index in [1.54, 1.807) is 6.26 Å². The fourth-order valence-electron chi connectivity index (χ4n) is 5.38. The Kier molecular flexibility index (Phi) is 38.7. The molecule has 1 unspecified atom stereocenters. The molecule has 0 radical (unpaired) electrons. The second-order valence-corrected chi connectivity index (χ2v) is 15.0. The van der Waals surface area contributed by atoms with E-state index in [-0.39, 0.29) is 38.8 Å². The highest BCUT2D eigenvalue weighted by molar-refractivity contribution is 7.47. The van der Waals surface area contributed by atoms with Crippen LogP contribution in [0.25, 0.3) is 0 Å². The van der Waals surface area contributed by atoms with Gasteiger partial charge in [0.15, 0.2) is 6.10 Å². The van der Waals surface area contributed by atoms with Gasteiger partial charge in [0.2, 0.25) is 0 Å². The summed E-state index contributed by atoms with van der Waals surface area (Å²) in [6.45, 7) is 4.12. The van der Waals surface area contributed by atoms with Crippen molar-refractivity contribution in [2.24, 2.45) is 5.73 Å². The number of allylic oxidation sites excluding steroid dienone is 9. The highest BCUT2D eigenvalue weighted by Gasteiger charge is 2.24. The zero-order valence-electron chi connectivity index (χ0n) is 33.3. The van der Waals surface area contributed by atoms with E-state index in [1.807, 2.05) is 6.08 Å². The number of rotatable bonds is 39. The standard InChI is InChI=1S/C43H78NO7P/c1-3-5-7-9-11-13-15-17-19-21-22-24-26-28-30-32-34-36-43(45)49-40-42(41-51-52(46,47)50-39-37-44)48-38-35-33-31-29-27-25-23-20-18-16-14-12-10-8-6-4-2/h11,13,17,19,22,24,28,30,35,38,42H,3-10,12,14-16,18,20-21,23,25-27,29,31-34,36-37,39-41,44H2,1-2H3,(H,46,47)/b13-11-,19-17-,24-22-,30-28-,38-35-/t42-/m1/s1. The molecule has 0 saturated heterocycles. The molecule has 302 valence electrons. The van der Waals surface area contributed by atoms with Crippen LogP contribution in [-0.2, 0) is 27.9 Å². The van der Waals surface area contributed by atoms with Gasteiger partial charge in [-0.1, -0.05) is 159 Å². The minimum Gasteiger partial charge on any atom is -0.492 e. The molecule has 0 amide bonds. The maximum Gasteiger partial charge on any atom is 0.472 e. The van der Waals surface area contributed by atoms with Crippen LogP contribution in [0.3, 0.4) is 0 Å². The van der Waals surface area contributed by atoms with E-state index >= 15 is 0 Å². The molecule has 0 aromatic heterocycles. The van der Waals surface area contributed by atoms with Gasteiger partial charge in [-0.05, 0) is 63.9 Å². The van der Waals surface area contributed by atoms with Gasteiger partial charge in [-0.3, -0.25) is 13.8 Å². The first kappa shape index (κ1) is 50.0. The Morgan fingerprint density at radius 2 is 1.04 bits per heavy atom. The fourth-order valence-corrected chi connectivity index (χ4v) is 6.15. The number of esters is 1. The Morgan fingerprint density at radius 1 is 0.596 bits per heavy atom. The Balaban J connectivity index is 4.20. The lowest BCUT2D eigenvalue weighted by molar-refractivity contribution is -0.147. The highest BCUT2D eigenvalue weighted by atomic mass is 31.2. The molecular weight excluding hydrogens is 673 g/mol. The van der Waals surface area contributed by atoms with Crippen molar-refractivity contribution in [3.63, 3.8) is 0 Å². The SMILES string of the molecule is CCCCC/C=C\C/C=C\C/C=C\C/C=C\CCCC(=O)OC[C@H](COP(=O)(O)OCCN)O/C=C\CCCCCCCCCCCCCCCC. The largest absolute Gasteiger partial charge is 0.492 e. The van der Waals surface area contributed by atoms with E-state index in [0.29, 0.717) is 6.42 Å². The topological polar surface area (TPSA) is 117 Å². The van der Waals surface area contributed by atoms with Crippen LogP contribution >= 0.6 is 7.82 Å². The molecule has 2 atom stereocenters. The van der Waals surface area contributed by atoms with Gasteiger partial charge in [0.1, 0.15) is 6.61 Å². The summed E-state index contributed by atoms with van der Waals surface area (Å²) in [5.74, 6) is -0.345. The van der Waals surface area contributed by atoms with E-state index in [0.717, 1.165) is 38.5 Å². The summed E-state index contributed by atoms with van der Waals surface area (Å²) in [5.41, 5.74) is 5.36. The van der Waals surface area contributed by atoms with Crippen molar-refractivity contribution >= 4 is 13.8 Å². The van der Waals surface area contributed by atoms with E-state index in [4.69, 9.17) is 24.3 Å². The summed E-state index contributed by atoms with van der Waals surface area (Å²) in [7, 11) is -4.28. The van der Waals surface area contributed by atoms with Gasteiger partial charge in [-0.25, -0.2) is 4.57 Å². The molecule has 0 aliphatic heterocycles. The van der Waals surface area contributed by atoms with Gasteiger partial charge >= 0.3 is 13.8 Å². The summed E-state index contributed by atoms with van der Waals surface area (Å²) in [4.78, 5) is 22.2. The number of nitrogens with two attached hydrogens (primary N) is 1. The summed E-state index contributed by atoms with van der Waals surface area (Å²) in [6.07, 6.45) is 49.1. The number of carbonyl (C=O) groups is 1. The van der Waals surface area contributed by atoms with Gasteiger partial charge in [-0.15, -0.1) is 0 Å². The number of hydrogen-bond acceptors (Lipinski definition) is 7. The zero-order chi connectivity index (χ0) is 38.1. The third-order valence-corrected chi connectivity index (χ3v) is 9.51. The molecular formula is C43H78NO7P. The first-order chi connectivity index (χ1) is 25.4. The van der Waals surface area contributed by atoms with Crippen LogP contribution in [0, 0.1) is 0 Å². The number of hydrogen-bond donors (Lipinski definition) is 2. The van der Waals surface area contributed by atoms with E-state index < -0.39 is 13.9 Å². The highest BCUT2D eigenvalue weighted by Crippen LogP contribution is 2.43. The molecule has 52 heavy (non-hydrogen) atoms. The third kappa shape index (κ3) is 39.3. The quantitative estimate of drug-likeness (QED) is 0.0210. The minimum absolute atomic E-state index is 0.0918. The molecule has 0 aromatic rings. The number of phosphoric acid groups is 1. The number of ether oxygens (including phenoxy) is 2. The number of carbonyl (C=O) groups excluding carboxylic acids is 1. The van der Waals surface area contributed by atoms with Crippen LogP contribution in [0.4, 0.5) is 0 Å². The normalized spacial score (nSPS) is 14.1. The molecule has 0 rings (SSSR count). The van der Waals surface area contributed by atoms with Crippen molar-refractivity contribution in [1.29, 1.82) is 0 Å². The maximum absolute atomic E-state index is 12.4. The van der Waals surface area contributed by atoms with Gasteiger partial charge in [0, 0.05) is 13.0 Å². The summed E-state index contributed by atoms with van der Waals surface area (Å²) in [5, 5.41) is 0. The molecule has 0 bridgehead atoms. The van der Waals surface area contributed by atoms with Gasteiger partial charge in [0.05, 0.1) is 19.5 Å². The monoisotopic (exact) mass is 752 g/mol. The fraction of sp³-hybridized carbons (Fsp3) is 0.744. The maximum atomic E-state index is 12.4. The number of phosphoric ester groups is 1. The first-order valence-corrected chi connectivity index (χ1v) is 22.3. The van der Waals surface area contributed by atoms with Crippen LogP contribution in [0.15, 0.2) is 60.9 Å². The average molecular weight is 752 g/mol. The Morgan fingerprint density at radius 3 is 1.58 bits per heavy atom. The van der Waals surface area contributed by atoms with Crippen LogP contribution < -0.4 is 5.73 Å². The molecule has 0 aliphatic carbocycles. The molecule has 8 nitrogen and oxygen atoms in total. The second kappa shape index (κ2) is 40.2. The van der Waals surface area contributed by atoms with Crippen LogP contribution in [0.5, 0.6) is 0 Å². The molecule has 9 heteroatoms. The van der Waals surface area contributed by atoms with Crippen LogP contribution in [0.2, 0.25) is 0 Å². The van der Waals surface area contributed by atoms with Crippen molar-refractivity contribution in [3.8, 4) is 0 Å². The summed E-state index contributed by atoms with van der Waals surface area (Å²) >= 11 is 0. The molecule has 0 spiro atoms. The van der Waals surface area contributed by atoms with Crippen LogP contribution in [-0.4, -0.2) is 43.3 Å². The lowest BCUT2D eigenvalue weighted by Crippen LogP contribution is -2.25. The Labute approximate surface area is 319 Å². The first-order valence-electron chi connectivity index (χ1n) is 20.8. The molecule has 0 aliphatic rings. The Hall–Kier alpha value is -1.96. The van der Waals surface area contributed by atoms with E-state index in [1.165, 1.54) is 109 Å². The predicted molar refractivity (Wildman–Crippen MR) is 219 cm³/mol. The Bertz CT molecular complexity index is 979. The van der Waals surface area contributed by atoms with Crippen molar-refractivity contribution in [1.82, 2.24) is 0 Å². The van der Waals surface area contributed by atoms with Gasteiger partial charge in [-0.2, -0.15) is 0 Å². The van der Waals surface area contributed by atoms with Crippen LogP contribution in [0.1, 0.15) is 174 Å². The molecule has 0 saturated carbocycles. The summed E-state index contributed by atoms with van der Waals surface area (Å²) in [6, 6.07) is 0. The molecule has 0 aromatic carbocycles. The molecule has 0 heterocycles. The number of unbranched alkanes of at least 4 members (excludes halogenated alkanes) is 18.